The topological polar surface area (TPSA) is 78.7 Å². The minimum Gasteiger partial charge on any atom is -0.492 e. The highest BCUT2D eigenvalue weighted by molar-refractivity contribution is 5.80. The molecule has 0 radical (unpaired) electrons. The van der Waals surface area contributed by atoms with Crippen molar-refractivity contribution in [2.45, 2.75) is 38.1 Å². The van der Waals surface area contributed by atoms with E-state index in [9.17, 15) is 5.21 Å². The van der Waals surface area contributed by atoms with E-state index >= 15 is 0 Å². The molecule has 2 aliphatic rings. The molecule has 0 aliphatic carbocycles. The lowest BCUT2D eigenvalue weighted by Gasteiger charge is -2.40. The van der Waals surface area contributed by atoms with Gasteiger partial charge in [-0.3, -0.25) is 4.90 Å². The molecular formula is C28H33N5O3. The summed E-state index contributed by atoms with van der Waals surface area (Å²) in [6.45, 7) is 6.39. The van der Waals surface area contributed by atoms with Gasteiger partial charge >= 0.3 is 0 Å². The van der Waals surface area contributed by atoms with Gasteiger partial charge in [0.1, 0.15) is 29.0 Å². The van der Waals surface area contributed by atoms with E-state index in [1.807, 2.05) is 47.0 Å². The largest absolute Gasteiger partial charge is 0.492 e. The Kier molecular flexibility index (Phi) is 6.61. The van der Waals surface area contributed by atoms with Crippen LogP contribution in [0, 0.1) is 0 Å². The van der Waals surface area contributed by atoms with Gasteiger partial charge < -0.3 is 23.7 Å². The summed E-state index contributed by atoms with van der Waals surface area (Å²) in [4.78, 5) is 9.70. The molecule has 2 saturated heterocycles. The van der Waals surface area contributed by atoms with Crippen LogP contribution in [0.15, 0.2) is 64.6 Å². The number of hydrogen-bond donors (Lipinski definition) is 1. The van der Waals surface area contributed by atoms with Gasteiger partial charge in [0.05, 0.1) is 11.7 Å². The van der Waals surface area contributed by atoms with Crippen molar-refractivity contribution >= 4 is 16.5 Å². The summed E-state index contributed by atoms with van der Waals surface area (Å²) in [7, 11) is 0. The molecule has 2 aliphatic heterocycles. The first-order chi connectivity index (χ1) is 17.8. The van der Waals surface area contributed by atoms with Gasteiger partial charge in [0.25, 0.3) is 0 Å². The molecule has 2 fully saturated rings. The summed E-state index contributed by atoms with van der Waals surface area (Å²) in [6, 6.07) is 14.0. The lowest BCUT2D eigenvalue weighted by molar-refractivity contribution is 0.0858. The maximum atomic E-state index is 9.71. The molecule has 5 heterocycles. The van der Waals surface area contributed by atoms with E-state index in [1.165, 1.54) is 45.2 Å². The molecule has 0 unspecified atom stereocenters. The van der Waals surface area contributed by atoms with Crippen LogP contribution in [0.5, 0.6) is 5.75 Å². The zero-order chi connectivity index (χ0) is 24.3. The monoisotopic (exact) mass is 487 g/mol. The van der Waals surface area contributed by atoms with Crippen molar-refractivity contribution in [1.82, 2.24) is 19.2 Å². The average Bonchev–Trinajstić information content (AvgIpc) is 3.41. The van der Waals surface area contributed by atoms with Gasteiger partial charge in [0.15, 0.2) is 5.76 Å². The Morgan fingerprint density at radius 1 is 1.03 bits per heavy atom. The second-order valence-corrected chi connectivity index (χ2v) is 9.89. The standard InChI is InChI=1S/C28H33N5O3/c34-30-25-19-28(26-17-22-5-4-12-33(22)20-29-26)36-27-7-6-23(18-24(25)27)35-16-15-31-13-8-21(9-14-31)32-10-2-1-3-11-32/h4-7,12,17-21,34H,1-3,8-11,13-16H2/b30-25+. The highest BCUT2D eigenvalue weighted by Gasteiger charge is 2.25. The van der Waals surface area contributed by atoms with E-state index in [0.717, 1.165) is 36.9 Å². The Balaban J connectivity index is 1.10. The normalized spacial score (nSPS) is 18.8. The highest BCUT2D eigenvalue weighted by Crippen LogP contribution is 2.25. The van der Waals surface area contributed by atoms with Crippen LogP contribution in [-0.2, 0) is 0 Å². The van der Waals surface area contributed by atoms with E-state index in [2.05, 4.69) is 19.9 Å². The van der Waals surface area contributed by atoms with E-state index in [-0.39, 0.29) is 0 Å². The molecular weight excluding hydrogens is 454 g/mol. The third-order valence-corrected chi connectivity index (χ3v) is 7.63. The van der Waals surface area contributed by atoms with Crippen LogP contribution in [0.2, 0.25) is 0 Å². The molecule has 4 aromatic rings. The predicted octanol–water partition coefficient (Wildman–Crippen LogP) is 4.37. The summed E-state index contributed by atoms with van der Waals surface area (Å²) < 4.78 is 14.1. The minimum atomic E-state index is 0.425. The maximum absolute atomic E-state index is 9.71. The van der Waals surface area contributed by atoms with E-state index in [4.69, 9.17) is 9.15 Å². The van der Waals surface area contributed by atoms with Crippen LogP contribution in [0.3, 0.4) is 0 Å². The Labute approximate surface area is 210 Å². The van der Waals surface area contributed by atoms with Gasteiger partial charge in [0.2, 0.25) is 0 Å². The SMILES string of the molecule is O/N=c1\cc(-c2cc3cccn3cn2)oc2ccc(OCCN3CCC(N4CCCCC4)CC3)cc12. The summed E-state index contributed by atoms with van der Waals surface area (Å²) in [5, 5.41) is 14.3. The number of aromatic nitrogens is 2. The molecule has 188 valence electrons. The van der Waals surface area contributed by atoms with Crippen molar-refractivity contribution in [2.24, 2.45) is 5.16 Å². The van der Waals surface area contributed by atoms with Crippen molar-refractivity contribution in [3.05, 3.63) is 60.3 Å². The zero-order valence-electron chi connectivity index (χ0n) is 20.6. The average molecular weight is 488 g/mol. The number of ether oxygens (including phenoxy) is 1. The van der Waals surface area contributed by atoms with Crippen molar-refractivity contribution in [3.8, 4) is 17.2 Å². The minimum absolute atomic E-state index is 0.425. The van der Waals surface area contributed by atoms with Crippen LogP contribution < -0.4 is 10.1 Å². The molecule has 36 heavy (non-hydrogen) atoms. The molecule has 1 N–H and O–H groups in total. The first kappa shape index (κ1) is 23.1. The number of rotatable bonds is 6. The van der Waals surface area contributed by atoms with Gasteiger partial charge in [0, 0.05) is 30.4 Å². The Morgan fingerprint density at radius 3 is 2.72 bits per heavy atom. The third kappa shape index (κ3) is 4.83. The van der Waals surface area contributed by atoms with Gasteiger partial charge in [-0.05, 0) is 88.3 Å². The lowest BCUT2D eigenvalue weighted by Crippen LogP contribution is -2.47. The molecule has 6 rings (SSSR count). The van der Waals surface area contributed by atoms with Crippen molar-refractivity contribution in [2.75, 3.05) is 39.3 Å². The Bertz CT molecular complexity index is 1400. The number of fused-ring (bicyclic) bond motifs is 2. The molecule has 8 heteroatoms. The first-order valence-electron chi connectivity index (χ1n) is 13.1. The molecule has 0 amide bonds. The molecule has 0 spiro atoms. The molecule has 0 bridgehead atoms. The number of benzene rings is 1. The summed E-state index contributed by atoms with van der Waals surface area (Å²) in [5.74, 6) is 1.28. The predicted molar refractivity (Wildman–Crippen MR) is 138 cm³/mol. The molecule has 3 aromatic heterocycles. The van der Waals surface area contributed by atoms with Crippen LogP contribution >= 0.6 is 0 Å². The Morgan fingerprint density at radius 2 is 1.89 bits per heavy atom. The van der Waals surface area contributed by atoms with E-state index in [0.29, 0.717) is 34.4 Å². The first-order valence-corrected chi connectivity index (χ1v) is 13.1. The molecule has 8 nitrogen and oxygen atoms in total. The summed E-state index contributed by atoms with van der Waals surface area (Å²) >= 11 is 0. The van der Waals surface area contributed by atoms with Gasteiger partial charge in [-0.1, -0.05) is 11.6 Å². The highest BCUT2D eigenvalue weighted by atomic mass is 16.5. The van der Waals surface area contributed by atoms with Crippen molar-refractivity contribution in [3.63, 3.8) is 0 Å². The van der Waals surface area contributed by atoms with Gasteiger partial charge in [-0.2, -0.15) is 0 Å². The summed E-state index contributed by atoms with van der Waals surface area (Å²) in [5.41, 5.74) is 2.30. The number of likely N-dealkylation sites (tertiary alicyclic amines) is 2. The number of nitrogens with zero attached hydrogens (tertiary/aromatic N) is 5. The molecule has 0 atom stereocenters. The fourth-order valence-corrected chi connectivity index (χ4v) is 5.60. The van der Waals surface area contributed by atoms with Crippen molar-refractivity contribution < 1.29 is 14.4 Å². The molecule has 1 aromatic carbocycles. The number of piperidine rings is 2. The summed E-state index contributed by atoms with van der Waals surface area (Å²) in [6.07, 6.45) is 10.3. The lowest BCUT2D eigenvalue weighted by atomic mass is 10.00. The van der Waals surface area contributed by atoms with Crippen LogP contribution in [0.25, 0.3) is 27.9 Å². The smallest absolute Gasteiger partial charge is 0.155 e. The fraction of sp³-hybridized carbons (Fsp3) is 0.429. The fourth-order valence-electron chi connectivity index (χ4n) is 5.60. The van der Waals surface area contributed by atoms with Crippen LogP contribution in [-0.4, -0.2) is 69.8 Å². The second kappa shape index (κ2) is 10.3. The maximum Gasteiger partial charge on any atom is 0.155 e. The third-order valence-electron chi connectivity index (χ3n) is 7.63. The van der Waals surface area contributed by atoms with E-state index in [1.54, 1.807) is 12.4 Å². The van der Waals surface area contributed by atoms with Gasteiger partial charge in [-0.15, -0.1) is 0 Å². The van der Waals surface area contributed by atoms with Gasteiger partial charge in [-0.25, -0.2) is 4.98 Å². The zero-order valence-corrected chi connectivity index (χ0v) is 20.6. The van der Waals surface area contributed by atoms with Crippen molar-refractivity contribution in [1.29, 1.82) is 0 Å². The molecule has 0 saturated carbocycles. The second-order valence-electron chi connectivity index (χ2n) is 9.89. The quantitative estimate of drug-likeness (QED) is 0.322. The van der Waals surface area contributed by atoms with Crippen LogP contribution in [0.1, 0.15) is 32.1 Å². The number of hydrogen-bond acceptors (Lipinski definition) is 7. The van der Waals surface area contributed by atoms with E-state index < -0.39 is 0 Å². The Hall–Kier alpha value is -3.36. The van der Waals surface area contributed by atoms with Crippen LogP contribution in [0.4, 0.5) is 0 Å².